The fraction of sp³-hybridized carbons (Fsp3) is 0.400. The van der Waals surface area contributed by atoms with E-state index in [0.717, 1.165) is 49.0 Å². The molecule has 6 nitrogen and oxygen atoms in total. The summed E-state index contributed by atoms with van der Waals surface area (Å²) in [5.41, 5.74) is 0.824. The van der Waals surface area contributed by atoms with Crippen LogP contribution in [-0.4, -0.2) is 42.8 Å². The van der Waals surface area contributed by atoms with Gasteiger partial charge in [-0.2, -0.15) is 0 Å². The van der Waals surface area contributed by atoms with E-state index in [1.165, 1.54) is 0 Å². The molecule has 1 fully saturated rings. The van der Waals surface area contributed by atoms with Crippen LogP contribution >= 0.6 is 22.9 Å². The highest BCUT2D eigenvalue weighted by atomic mass is 35.5. The van der Waals surface area contributed by atoms with Crippen molar-refractivity contribution in [1.29, 1.82) is 0 Å². The molecule has 3 aromatic heterocycles. The van der Waals surface area contributed by atoms with Gasteiger partial charge in [-0.15, -0.1) is 11.3 Å². The maximum atomic E-state index is 11.7. The number of aromatic nitrogens is 4. The van der Waals surface area contributed by atoms with Crippen LogP contribution in [0.15, 0.2) is 24.0 Å². The van der Waals surface area contributed by atoms with Gasteiger partial charge < -0.3 is 9.47 Å². The molecule has 0 aliphatic carbocycles. The van der Waals surface area contributed by atoms with Gasteiger partial charge in [-0.05, 0) is 12.8 Å². The molecule has 0 spiro atoms. The molecule has 0 radical (unpaired) electrons. The first kappa shape index (κ1) is 14.7. The topological polar surface area (TPSA) is 55.4 Å². The molecule has 1 aliphatic heterocycles. The molecule has 23 heavy (non-hydrogen) atoms. The van der Waals surface area contributed by atoms with Crippen molar-refractivity contribution < 1.29 is 4.79 Å². The first-order chi connectivity index (χ1) is 11.2. The van der Waals surface area contributed by atoms with E-state index in [9.17, 15) is 4.79 Å². The summed E-state index contributed by atoms with van der Waals surface area (Å²) in [4.78, 5) is 23.3. The first-order valence-corrected chi connectivity index (χ1v) is 8.90. The third-order valence-electron chi connectivity index (χ3n) is 4.15. The average Bonchev–Trinajstić information content (AvgIpc) is 3.26. The van der Waals surface area contributed by atoms with Crippen molar-refractivity contribution in [2.24, 2.45) is 0 Å². The van der Waals surface area contributed by atoms with Crippen molar-refractivity contribution in [3.63, 3.8) is 0 Å². The van der Waals surface area contributed by atoms with Crippen LogP contribution < -0.4 is 0 Å². The van der Waals surface area contributed by atoms with E-state index in [1.54, 1.807) is 17.5 Å². The van der Waals surface area contributed by atoms with Crippen LogP contribution in [0, 0.1) is 0 Å². The number of carbonyl (C=O) groups excluding carboxylic acids is 1. The van der Waals surface area contributed by atoms with E-state index in [4.69, 9.17) is 11.6 Å². The minimum absolute atomic E-state index is 0.273. The summed E-state index contributed by atoms with van der Waals surface area (Å²) >= 11 is 7.84. The largest absolute Gasteiger partial charge is 0.343 e. The maximum absolute atomic E-state index is 11.7. The van der Waals surface area contributed by atoms with E-state index in [-0.39, 0.29) is 5.91 Å². The molecule has 3 aromatic rings. The molecule has 0 aromatic carbocycles. The second kappa shape index (κ2) is 5.98. The van der Waals surface area contributed by atoms with E-state index >= 15 is 0 Å². The van der Waals surface area contributed by atoms with Crippen LogP contribution in [0.2, 0.25) is 5.15 Å². The predicted octanol–water partition coefficient (Wildman–Crippen LogP) is 2.93. The smallest absolute Gasteiger partial charge is 0.222 e. The molecule has 0 N–H and O–H groups in total. The minimum Gasteiger partial charge on any atom is -0.343 e. The van der Waals surface area contributed by atoms with E-state index in [1.807, 2.05) is 27.1 Å². The first-order valence-electron chi connectivity index (χ1n) is 7.64. The number of hydrogen-bond donors (Lipinski definition) is 0. The van der Waals surface area contributed by atoms with Crippen molar-refractivity contribution in [3.05, 3.63) is 29.1 Å². The van der Waals surface area contributed by atoms with Crippen molar-refractivity contribution in [2.75, 3.05) is 13.1 Å². The number of hydrogen-bond acceptors (Lipinski definition) is 4. The third kappa shape index (κ3) is 2.64. The quantitative estimate of drug-likeness (QED) is 0.711. The van der Waals surface area contributed by atoms with Gasteiger partial charge in [-0.3, -0.25) is 9.20 Å². The van der Waals surface area contributed by atoms with E-state index < -0.39 is 0 Å². The Morgan fingerprint density at radius 1 is 1.30 bits per heavy atom. The third-order valence-corrected chi connectivity index (χ3v) is 5.17. The summed E-state index contributed by atoms with van der Waals surface area (Å²) in [6, 6.07) is 0. The Hall–Kier alpha value is -1.86. The zero-order valence-electron chi connectivity index (χ0n) is 12.5. The maximum Gasteiger partial charge on any atom is 0.222 e. The number of fused-ring (bicyclic) bond motifs is 1. The van der Waals surface area contributed by atoms with Crippen LogP contribution in [0.25, 0.3) is 16.5 Å². The number of likely N-dealkylation sites (tertiary alicyclic amines) is 1. The summed E-state index contributed by atoms with van der Waals surface area (Å²) in [5, 5.41) is 2.45. The zero-order chi connectivity index (χ0) is 15.8. The SMILES string of the molecule is O=C1CCCN1CCCn1ccnc1-c1c(Cl)nc2sccn12. The summed E-state index contributed by atoms with van der Waals surface area (Å²) in [7, 11) is 0. The number of carbonyl (C=O) groups is 1. The highest BCUT2D eigenvalue weighted by Gasteiger charge is 2.20. The Morgan fingerprint density at radius 3 is 3.04 bits per heavy atom. The van der Waals surface area contributed by atoms with Crippen LogP contribution in [-0.2, 0) is 11.3 Å². The monoisotopic (exact) mass is 349 g/mol. The fourth-order valence-electron chi connectivity index (χ4n) is 3.04. The molecule has 1 aliphatic rings. The molecule has 0 atom stereocenters. The van der Waals surface area contributed by atoms with Gasteiger partial charge in [0.2, 0.25) is 5.91 Å². The molecule has 4 heterocycles. The summed E-state index contributed by atoms with van der Waals surface area (Å²) in [5.74, 6) is 1.09. The molecular weight excluding hydrogens is 334 g/mol. The highest BCUT2D eigenvalue weighted by molar-refractivity contribution is 7.15. The Bertz CT molecular complexity index is 851. The van der Waals surface area contributed by atoms with Gasteiger partial charge in [0.05, 0.1) is 0 Å². The summed E-state index contributed by atoms with van der Waals surface area (Å²) in [6.45, 7) is 2.48. The standard InChI is InChI=1S/C15H16ClN5OS/c16-13-12(21-9-10-23-15(21)18-13)14-17-4-8-20(14)7-2-6-19-5-1-3-11(19)22/h4,8-10H,1-3,5-7H2. The summed E-state index contributed by atoms with van der Waals surface area (Å²) in [6.07, 6.45) is 8.25. The van der Waals surface area contributed by atoms with Gasteiger partial charge in [0.15, 0.2) is 15.9 Å². The Balaban J connectivity index is 1.53. The number of halogens is 1. The second-order valence-electron chi connectivity index (χ2n) is 5.59. The van der Waals surface area contributed by atoms with Gasteiger partial charge in [-0.25, -0.2) is 9.97 Å². The van der Waals surface area contributed by atoms with Gasteiger partial charge in [0.25, 0.3) is 0 Å². The molecular formula is C15H16ClN5OS. The van der Waals surface area contributed by atoms with Crippen molar-refractivity contribution in [1.82, 2.24) is 23.8 Å². The average molecular weight is 350 g/mol. The summed E-state index contributed by atoms with van der Waals surface area (Å²) < 4.78 is 4.05. The molecule has 1 saturated heterocycles. The minimum atomic E-state index is 0.273. The second-order valence-corrected chi connectivity index (χ2v) is 6.82. The molecule has 1 amide bonds. The predicted molar refractivity (Wildman–Crippen MR) is 89.7 cm³/mol. The van der Waals surface area contributed by atoms with E-state index in [0.29, 0.717) is 11.6 Å². The molecule has 0 saturated carbocycles. The lowest BCUT2D eigenvalue weighted by Gasteiger charge is -2.15. The number of thiazole rings is 1. The zero-order valence-corrected chi connectivity index (χ0v) is 14.1. The lowest BCUT2D eigenvalue weighted by atomic mass is 10.3. The van der Waals surface area contributed by atoms with Crippen molar-refractivity contribution in [2.45, 2.75) is 25.8 Å². The van der Waals surface area contributed by atoms with Gasteiger partial charge in [-0.1, -0.05) is 11.6 Å². The molecule has 8 heteroatoms. The van der Waals surface area contributed by atoms with Crippen LogP contribution in [0.1, 0.15) is 19.3 Å². The molecule has 0 unspecified atom stereocenters. The van der Waals surface area contributed by atoms with Gasteiger partial charge in [0, 0.05) is 50.0 Å². The Morgan fingerprint density at radius 2 is 2.22 bits per heavy atom. The van der Waals surface area contributed by atoms with Gasteiger partial charge in [0.1, 0.15) is 5.69 Å². The number of aryl methyl sites for hydroxylation is 1. The number of imidazole rings is 2. The number of nitrogens with zero attached hydrogens (tertiary/aromatic N) is 5. The lowest BCUT2D eigenvalue weighted by molar-refractivity contribution is -0.127. The molecule has 120 valence electrons. The van der Waals surface area contributed by atoms with Gasteiger partial charge >= 0.3 is 0 Å². The van der Waals surface area contributed by atoms with Crippen molar-refractivity contribution >= 4 is 33.8 Å². The highest BCUT2D eigenvalue weighted by Crippen LogP contribution is 2.29. The number of amides is 1. The molecule has 0 bridgehead atoms. The Kier molecular flexibility index (Phi) is 3.82. The normalized spacial score (nSPS) is 15.2. The fourth-order valence-corrected chi connectivity index (χ4v) is 4.06. The van der Waals surface area contributed by atoms with E-state index in [2.05, 4.69) is 14.5 Å². The van der Waals surface area contributed by atoms with Crippen molar-refractivity contribution in [3.8, 4) is 11.5 Å². The number of rotatable bonds is 5. The van der Waals surface area contributed by atoms with Crippen LogP contribution in [0.5, 0.6) is 0 Å². The van der Waals surface area contributed by atoms with Crippen LogP contribution in [0.4, 0.5) is 0 Å². The molecule has 4 rings (SSSR count). The lowest BCUT2D eigenvalue weighted by Crippen LogP contribution is -2.26. The Labute approximate surface area is 142 Å². The van der Waals surface area contributed by atoms with Crippen LogP contribution in [0.3, 0.4) is 0 Å².